The van der Waals surface area contributed by atoms with E-state index in [1.165, 1.54) is 25.7 Å². The lowest BCUT2D eigenvalue weighted by molar-refractivity contribution is 0.429. The van der Waals surface area contributed by atoms with Crippen LogP contribution in [0.2, 0.25) is 0 Å². The summed E-state index contributed by atoms with van der Waals surface area (Å²) in [5.74, 6) is 5.03. The van der Waals surface area contributed by atoms with Crippen molar-refractivity contribution in [1.29, 1.82) is 0 Å². The summed E-state index contributed by atoms with van der Waals surface area (Å²) in [6.45, 7) is 2.90. The first kappa shape index (κ1) is 16.9. The molecule has 1 saturated heterocycles. The smallest absolute Gasteiger partial charge is 0.191 e. The van der Waals surface area contributed by atoms with E-state index in [1.807, 2.05) is 0 Å². The Balaban J connectivity index is 0.00000256. The van der Waals surface area contributed by atoms with Crippen molar-refractivity contribution in [3.8, 4) is 12.3 Å². The molecule has 0 atom stereocenters. The van der Waals surface area contributed by atoms with Crippen LogP contribution in [0.15, 0.2) is 4.99 Å². The summed E-state index contributed by atoms with van der Waals surface area (Å²) in [4.78, 5) is 6.60. The molecule has 0 radical (unpaired) electrons. The number of halogens is 1. The fourth-order valence-corrected chi connectivity index (χ4v) is 2.24. The van der Waals surface area contributed by atoms with E-state index in [2.05, 4.69) is 15.8 Å². The van der Waals surface area contributed by atoms with Gasteiger partial charge < -0.3 is 10.6 Å². The lowest BCUT2D eigenvalue weighted by Crippen LogP contribution is -2.38. The van der Waals surface area contributed by atoms with E-state index in [-0.39, 0.29) is 24.0 Å². The van der Waals surface area contributed by atoms with Crippen molar-refractivity contribution in [2.45, 2.75) is 25.7 Å². The molecular formula is C12H22IN3S. The molecule has 0 unspecified atom stereocenters. The Morgan fingerprint density at radius 2 is 1.94 bits per heavy atom. The number of likely N-dealkylation sites (tertiary alicyclic amines) is 1. The van der Waals surface area contributed by atoms with E-state index in [1.54, 1.807) is 11.8 Å². The average molecular weight is 367 g/mol. The summed E-state index contributed by atoms with van der Waals surface area (Å²) < 4.78 is 0. The predicted octanol–water partition coefficient (Wildman–Crippen LogP) is 2.16. The third kappa shape index (κ3) is 7.77. The molecule has 1 rings (SSSR count). The van der Waals surface area contributed by atoms with Crippen LogP contribution in [0, 0.1) is 12.3 Å². The Bertz CT molecular complexity index is 255. The molecule has 0 aromatic heterocycles. The highest BCUT2D eigenvalue weighted by Crippen LogP contribution is 2.09. The summed E-state index contributed by atoms with van der Waals surface area (Å²) in [5.41, 5.74) is 5.96. The van der Waals surface area contributed by atoms with Gasteiger partial charge in [-0.05, 0) is 12.8 Å². The molecule has 0 aliphatic carbocycles. The molecule has 1 heterocycles. The first-order chi connectivity index (χ1) is 7.84. The monoisotopic (exact) mass is 367 g/mol. The van der Waals surface area contributed by atoms with E-state index in [0.29, 0.717) is 5.96 Å². The van der Waals surface area contributed by atoms with Gasteiger partial charge in [-0.25, -0.2) is 0 Å². The number of rotatable bonds is 4. The second-order valence-corrected chi connectivity index (χ2v) is 5.00. The van der Waals surface area contributed by atoms with Crippen molar-refractivity contribution < 1.29 is 0 Å². The number of thioether (sulfide) groups is 1. The minimum absolute atomic E-state index is 0. The minimum atomic E-state index is 0. The Morgan fingerprint density at radius 1 is 1.29 bits per heavy atom. The third-order valence-corrected chi connectivity index (χ3v) is 3.47. The molecule has 1 fully saturated rings. The predicted molar refractivity (Wildman–Crippen MR) is 88.1 cm³/mol. The highest BCUT2D eigenvalue weighted by Gasteiger charge is 2.10. The Hall–Kier alpha value is -0.0900. The largest absolute Gasteiger partial charge is 0.370 e. The van der Waals surface area contributed by atoms with E-state index < -0.39 is 0 Å². The quantitative estimate of drug-likeness (QED) is 0.272. The minimum Gasteiger partial charge on any atom is -0.370 e. The molecule has 1 aliphatic heterocycles. The maximum Gasteiger partial charge on any atom is 0.191 e. The van der Waals surface area contributed by atoms with Gasteiger partial charge in [-0.2, -0.15) is 0 Å². The second-order valence-electron chi connectivity index (χ2n) is 3.90. The lowest BCUT2D eigenvalue weighted by Gasteiger charge is -2.20. The average Bonchev–Trinajstić information content (AvgIpc) is 2.57. The first-order valence-electron chi connectivity index (χ1n) is 5.90. The number of nitrogens with two attached hydrogens (primary N) is 1. The van der Waals surface area contributed by atoms with E-state index in [0.717, 1.165) is 31.1 Å². The highest BCUT2D eigenvalue weighted by molar-refractivity contribution is 14.0. The molecule has 2 N–H and O–H groups in total. The van der Waals surface area contributed by atoms with Crippen LogP contribution < -0.4 is 5.73 Å². The van der Waals surface area contributed by atoms with Gasteiger partial charge in [0.05, 0.1) is 12.3 Å². The summed E-state index contributed by atoms with van der Waals surface area (Å²) in [6, 6.07) is 0. The molecule has 0 aromatic rings. The maximum absolute atomic E-state index is 5.96. The zero-order valence-electron chi connectivity index (χ0n) is 10.2. The maximum atomic E-state index is 5.96. The van der Waals surface area contributed by atoms with Crippen LogP contribution in [0.3, 0.4) is 0 Å². The molecule has 0 saturated carbocycles. The molecule has 0 amide bonds. The number of terminal acetylenes is 1. The number of nitrogens with zero attached hydrogens (tertiary/aromatic N) is 2. The normalized spacial score (nSPS) is 16.9. The zero-order valence-corrected chi connectivity index (χ0v) is 13.4. The lowest BCUT2D eigenvalue weighted by atomic mass is 10.2. The molecule has 3 nitrogen and oxygen atoms in total. The number of guanidine groups is 1. The van der Waals surface area contributed by atoms with Gasteiger partial charge in [-0.3, -0.25) is 4.99 Å². The van der Waals surface area contributed by atoms with Gasteiger partial charge in [0.1, 0.15) is 0 Å². The van der Waals surface area contributed by atoms with Crippen LogP contribution in [0.1, 0.15) is 25.7 Å². The van der Waals surface area contributed by atoms with Crippen molar-refractivity contribution in [2.24, 2.45) is 10.7 Å². The second kappa shape index (κ2) is 11.0. The van der Waals surface area contributed by atoms with E-state index in [4.69, 9.17) is 12.2 Å². The highest BCUT2D eigenvalue weighted by atomic mass is 127. The first-order valence-corrected chi connectivity index (χ1v) is 7.06. The fraction of sp³-hybridized carbons (Fsp3) is 0.750. The summed E-state index contributed by atoms with van der Waals surface area (Å²) in [5, 5.41) is 0. The fourth-order valence-electron chi connectivity index (χ4n) is 1.76. The van der Waals surface area contributed by atoms with Crippen molar-refractivity contribution in [3.63, 3.8) is 0 Å². The van der Waals surface area contributed by atoms with Gasteiger partial charge in [-0.15, -0.1) is 42.2 Å². The molecule has 5 heteroatoms. The van der Waals surface area contributed by atoms with Gasteiger partial charge in [0.15, 0.2) is 5.96 Å². The van der Waals surface area contributed by atoms with Crippen molar-refractivity contribution in [1.82, 2.24) is 4.90 Å². The van der Waals surface area contributed by atoms with Crippen LogP contribution in [-0.4, -0.2) is 42.0 Å². The van der Waals surface area contributed by atoms with Gasteiger partial charge in [0.2, 0.25) is 0 Å². The number of hydrogen-bond donors (Lipinski definition) is 1. The Morgan fingerprint density at radius 3 is 2.53 bits per heavy atom. The van der Waals surface area contributed by atoms with Gasteiger partial charge in [0, 0.05) is 18.8 Å². The van der Waals surface area contributed by atoms with E-state index in [9.17, 15) is 0 Å². The van der Waals surface area contributed by atoms with Crippen LogP contribution in [0.5, 0.6) is 0 Å². The molecule has 98 valence electrons. The number of aliphatic imine (C=N–C) groups is 1. The van der Waals surface area contributed by atoms with Crippen LogP contribution in [-0.2, 0) is 0 Å². The molecule has 17 heavy (non-hydrogen) atoms. The molecule has 0 aromatic carbocycles. The topological polar surface area (TPSA) is 41.6 Å². The van der Waals surface area contributed by atoms with Gasteiger partial charge in [0.25, 0.3) is 0 Å². The number of hydrogen-bond acceptors (Lipinski definition) is 2. The van der Waals surface area contributed by atoms with Crippen LogP contribution in [0.25, 0.3) is 0 Å². The summed E-state index contributed by atoms with van der Waals surface area (Å²) >= 11 is 1.73. The van der Waals surface area contributed by atoms with Crippen LogP contribution in [0.4, 0.5) is 0 Å². The van der Waals surface area contributed by atoms with Crippen LogP contribution >= 0.6 is 35.7 Å². The Labute approximate surface area is 126 Å². The molecule has 0 bridgehead atoms. The van der Waals surface area contributed by atoms with Gasteiger partial charge >= 0.3 is 0 Å². The third-order valence-electron chi connectivity index (χ3n) is 2.62. The zero-order chi connectivity index (χ0) is 11.6. The standard InChI is InChI=1S/C12H21N3S.HI/c1-2-10-16-11-7-14-12(13)15-8-5-3-4-6-9-15;/h1H,3-11H2,(H2,13,14);1H. The van der Waals surface area contributed by atoms with Crippen molar-refractivity contribution in [2.75, 3.05) is 31.1 Å². The van der Waals surface area contributed by atoms with Crippen molar-refractivity contribution >= 4 is 41.7 Å². The van der Waals surface area contributed by atoms with Crippen molar-refractivity contribution in [3.05, 3.63) is 0 Å². The SMILES string of the molecule is C#CCSCCN=C(N)N1CCCCCC1.I. The van der Waals surface area contributed by atoms with Gasteiger partial charge in [-0.1, -0.05) is 18.8 Å². The Kier molecular flexibility index (Phi) is 11.0. The summed E-state index contributed by atoms with van der Waals surface area (Å²) in [7, 11) is 0. The molecule has 1 aliphatic rings. The molecular weight excluding hydrogens is 345 g/mol. The summed E-state index contributed by atoms with van der Waals surface area (Å²) in [6.07, 6.45) is 10.3. The van der Waals surface area contributed by atoms with E-state index >= 15 is 0 Å². The molecule has 0 spiro atoms.